The van der Waals surface area contributed by atoms with Gasteiger partial charge in [0.2, 0.25) is 0 Å². The molecule has 3 nitrogen and oxygen atoms in total. The molecule has 1 heterocycles. The molecular formula is C16H23NO2. The van der Waals surface area contributed by atoms with Crippen LogP contribution < -0.4 is 4.90 Å². The second-order valence-electron chi connectivity index (χ2n) is 6.08. The van der Waals surface area contributed by atoms with Crippen molar-refractivity contribution in [3.8, 4) is 0 Å². The Morgan fingerprint density at radius 3 is 2.84 bits per heavy atom. The van der Waals surface area contributed by atoms with Gasteiger partial charge in [0.25, 0.3) is 0 Å². The third-order valence-corrected chi connectivity index (χ3v) is 4.36. The number of aryl methyl sites for hydroxylation is 1. The smallest absolute Gasteiger partial charge is 0.303 e. The van der Waals surface area contributed by atoms with Gasteiger partial charge in [-0.3, -0.25) is 4.79 Å². The van der Waals surface area contributed by atoms with E-state index in [0.717, 1.165) is 19.4 Å². The molecule has 1 saturated heterocycles. The Kier molecular flexibility index (Phi) is 3.83. The van der Waals surface area contributed by atoms with Crippen LogP contribution in [0, 0.1) is 12.8 Å². The fourth-order valence-corrected chi connectivity index (χ4v) is 3.18. The van der Waals surface area contributed by atoms with E-state index in [2.05, 4.69) is 49.9 Å². The lowest BCUT2D eigenvalue weighted by atomic mass is 9.77. The maximum atomic E-state index is 11.0. The highest BCUT2D eigenvalue weighted by atomic mass is 16.4. The minimum atomic E-state index is -0.691. The van der Waals surface area contributed by atoms with Crippen molar-refractivity contribution in [2.45, 2.75) is 45.6 Å². The van der Waals surface area contributed by atoms with Gasteiger partial charge in [-0.1, -0.05) is 12.1 Å². The lowest BCUT2D eigenvalue weighted by Crippen LogP contribution is -2.54. The van der Waals surface area contributed by atoms with E-state index in [9.17, 15) is 4.79 Å². The summed E-state index contributed by atoms with van der Waals surface area (Å²) in [7, 11) is 0. The molecule has 19 heavy (non-hydrogen) atoms. The highest BCUT2D eigenvalue weighted by Gasteiger charge is 2.39. The van der Waals surface area contributed by atoms with Crippen LogP contribution in [0.15, 0.2) is 24.3 Å². The lowest BCUT2D eigenvalue weighted by Gasteiger charge is -2.49. The molecule has 104 valence electrons. The first-order chi connectivity index (χ1) is 8.91. The zero-order valence-electron chi connectivity index (χ0n) is 12.0. The molecule has 0 spiro atoms. The number of piperidine rings is 1. The average molecular weight is 261 g/mol. The normalized spacial score (nSPS) is 22.3. The molecule has 0 bridgehead atoms. The van der Waals surface area contributed by atoms with Gasteiger partial charge < -0.3 is 10.0 Å². The van der Waals surface area contributed by atoms with Gasteiger partial charge >= 0.3 is 5.97 Å². The van der Waals surface area contributed by atoms with Gasteiger partial charge in [-0.2, -0.15) is 0 Å². The standard InChI is InChI=1S/C16H23NO2/c1-12-6-4-8-14(10-12)17-9-5-7-13(11-15(18)19)16(17,2)3/h4,6,8,10,13H,5,7,9,11H2,1-3H3,(H,18,19). The quantitative estimate of drug-likeness (QED) is 0.905. The Morgan fingerprint density at radius 2 is 2.21 bits per heavy atom. The Bertz CT molecular complexity index is 468. The van der Waals surface area contributed by atoms with E-state index in [1.807, 2.05) is 0 Å². The van der Waals surface area contributed by atoms with Crippen LogP contribution in [-0.2, 0) is 4.79 Å². The third kappa shape index (κ3) is 2.91. The summed E-state index contributed by atoms with van der Waals surface area (Å²) < 4.78 is 0. The fourth-order valence-electron chi connectivity index (χ4n) is 3.18. The molecule has 3 heteroatoms. The Morgan fingerprint density at radius 1 is 1.47 bits per heavy atom. The van der Waals surface area contributed by atoms with Gasteiger partial charge in [-0.15, -0.1) is 0 Å². The molecule has 0 aliphatic carbocycles. The molecule has 1 fully saturated rings. The summed E-state index contributed by atoms with van der Waals surface area (Å²) >= 11 is 0. The van der Waals surface area contributed by atoms with E-state index in [-0.39, 0.29) is 17.9 Å². The number of carboxylic acid groups (broad SMARTS) is 1. The highest BCUT2D eigenvalue weighted by molar-refractivity contribution is 5.67. The highest BCUT2D eigenvalue weighted by Crippen LogP contribution is 2.38. The predicted octanol–water partition coefficient (Wildman–Crippen LogP) is 3.46. The average Bonchev–Trinajstić information content (AvgIpc) is 2.31. The summed E-state index contributed by atoms with van der Waals surface area (Å²) in [6.07, 6.45) is 2.33. The summed E-state index contributed by atoms with van der Waals surface area (Å²) in [6.45, 7) is 7.44. The van der Waals surface area contributed by atoms with E-state index in [1.165, 1.54) is 11.3 Å². The van der Waals surface area contributed by atoms with Gasteiger partial charge in [0.05, 0.1) is 6.42 Å². The summed E-state index contributed by atoms with van der Waals surface area (Å²) in [4.78, 5) is 13.4. The Hall–Kier alpha value is -1.51. The van der Waals surface area contributed by atoms with Crippen LogP contribution in [0.1, 0.15) is 38.7 Å². The second-order valence-corrected chi connectivity index (χ2v) is 6.08. The van der Waals surface area contributed by atoms with Crippen molar-refractivity contribution in [1.82, 2.24) is 0 Å². The molecule has 0 radical (unpaired) electrons. The number of hydrogen-bond acceptors (Lipinski definition) is 2. The monoisotopic (exact) mass is 261 g/mol. The van der Waals surface area contributed by atoms with E-state index >= 15 is 0 Å². The number of carboxylic acids is 1. The van der Waals surface area contributed by atoms with Gasteiger partial charge in [0, 0.05) is 17.8 Å². The van der Waals surface area contributed by atoms with E-state index < -0.39 is 5.97 Å². The zero-order chi connectivity index (χ0) is 14.0. The number of rotatable bonds is 3. The van der Waals surface area contributed by atoms with Gasteiger partial charge in [-0.25, -0.2) is 0 Å². The largest absolute Gasteiger partial charge is 0.481 e. The molecule has 1 aromatic carbocycles. The van der Waals surface area contributed by atoms with Gasteiger partial charge in [0.15, 0.2) is 0 Å². The van der Waals surface area contributed by atoms with E-state index in [4.69, 9.17) is 5.11 Å². The van der Waals surface area contributed by atoms with Crippen molar-refractivity contribution in [2.75, 3.05) is 11.4 Å². The van der Waals surface area contributed by atoms with Crippen LogP contribution >= 0.6 is 0 Å². The van der Waals surface area contributed by atoms with Crippen molar-refractivity contribution in [2.24, 2.45) is 5.92 Å². The summed E-state index contributed by atoms with van der Waals surface area (Å²) in [5, 5.41) is 9.08. The molecule has 1 unspecified atom stereocenters. The molecule has 1 atom stereocenters. The zero-order valence-corrected chi connectivity index (χ0v) is 12.0. The maximum Gasteiger partial charge on any atom is 0.303 e. The SMILES string of the molecule is Cc1cccc(N2CCCC(CC(=O)O)C2(C)C)c1. The minimum absolute atomic E-state index is 0.107. The van der Waals surface area contributed by atoms with Crippen LogP contribution in [0.4, 0.5) is 5.69 Å². The molecule has 0 saturated carbocycles. The van der Waals surface area contributed by atoms with Crippen LogP contribution in [0.3, 0.4) is 0 Å². The molecule has 2 rings (SSSR count). The molecule has 1 aromatic rings. The van der Waals surface area contributed by atoms with Gasteiger partial charge in [0.1, 0.15) is 0 Å². The molecule has 0 amide bonds. The Balaban J connectivity index is 2.27. The topological polar surface area (TPSA) is 40.5 Å². The number of benzene rings is 1. The number of nitrogens with zero attached hydrogens (tertiary/aromatic N) is 1. The van der Waals surface area contributed by atoms with Crippen molar-refractivity contribution < 1.29 is 9.90 Å². The third-order valence-electron chi connectivity index (χ3n) is 4.36. The van der Waals surface area contributed by atoms with Crippen LogP contribution in [0.2, 0.25) is 0 Å². The van der Waals surface area contributed by atoms with Gasteiger partial charge in [-0.05, 0) is 57.2 Å². The van der Waals surface area contributed by atoms with Crippen LogP contribution in [-0.4, -0.2) is 23.2 Å². The first-order valence-electron chi connectivity index (χ1n) is 6.97. The van der Waals surface area contributed by atoms with Crippen LogP contribution in [0.25, 0.3) is 0 Å². The number of hydrogen-bond donors (Lipinski definition) is 1. The first kappa shape index (κ1) is 13.9. The number of carbonyl (C=O) groups is 1. The summed E-state index contributed by atoms with van der Waals surface area (Å²) in [5.41, 5.74) is 2.35. The van der Waals surface area contributed by atoms with Crippen molar-refractivity contribution in [1.29, 1.82) is 0 Å². The maximum absolute atomic E-state index is 11.0. The van der Waals surface area contributed by atoms with Crippen LogP contribution in [0.5, 0.6) is 0 Å². The molecule has 0 aromatic heterocycles. The fraction of sp³-hybridized carbons (Fsp3) is 0.562. The molecule has 1 aliphatic heterocycles. The lowest BCUT2D eigenvalue weighted by molar-refractivity contribution is -0.138. The summed E-state index contributed by atoms with van der Waals surface area (Å²) in [5.74, 6) is -0.483. The Labute approximate surface area is 115 Å². The van der Waals surface area contributed by atoms with E-state index in [0.29, 0.717) is 0 Å². The summed E-state index contributed by atoms with van der Waals surface area (Å²) in [6, 6.07) is 8.47. The molecule has 1 N–H and O–H groups in total. The second kappa shape index (κ2) is 5.24. The molecular weight excluding hydrogens is 238 g/mol. The van der Waals surface area contributed by atoms with Crippen molar-refractivity contribution in [3.05, 3.63) is 29.8 Å². The minimum Gasteiger partial charge on any atom is -0.481 e. The van der Waals surface area contributed by atoms with Crippen molar-refractivity contribution >= 4 is 11.7 Å². The number of aliphatic carboxylic acids is 1. The predicted molar refractivity (Wildman–Crippen MR) is 77.6 cm³/mol. The van der Waals surface area contributed by atoms with Crippen molar-refractivity contribution in [3.63, 3.8) is 0 Å². The first-order valence-corrected chi connectivity index (χ1v) is 6.97. The van der Waals surface area contributed by atoms with E-state index in [1.54, 1.807) is 0 Å². The number of anilines is 1. The molecule has 1 aliphatic rings.